The van der Waals surface area contributed by atoms with Crippen molar-refractivity contribution >= 4 is 5.91 Å². The summed E-state index contributed by atoms with van der Waals surface area (Å²) in [5.41, 5.74) is 6.61. The lowest BCUT2D eigenvalue weighted by molar-refractivity contribution is -0.149. The van der Waals surface area contributed by atoms with Crippen molar-refractivity contribution in [3.05, 3.63) is 12.2 Å². The molecule has 0 aromatic carbocycles. The van der Waals surface area contributed by atoms with E-state index in [1.165, 1.54) is 0 Å². The number of aliphatic hydroxyl groups excluding tert-OH is 1. The van der Waals surface area contributed by atoms with Gasteiger partial charge < -0.3 is 16.2 Å². The molecule has 0 aromatic rings. The predicted molar refractivity (Wildman–Crippen MR) is 79.2 cm³/mol. The summed E-state index contributed by atoms with van der Waals surface area (Å²) in [4.78, 5) is 13.8. The number of carbonyl (C=O) groups excluding carboxylic acids is 1. The first-order valence-electron chi connectivity index (χ1n) is 7.54. The van der Waals surface area contributed by atoms with E-state index < -0.39 is 18.1 Å². The summed E-state index contributed by atoms with van der Waals surface area (Å²) in [6.45, 7) is 11.0. The summed E-state index contributed by atoms with van der Waals surface area (Å²) in [6, 6.07) is -0.395. The first-order chi connectivity index (χ1) is 9.36. The lowest BCUT2D eigenvalue weighted by Gasteiger charge is -2.64. The Morgan fingerprint density at radius 3 is 2.70 bits per heavy atom. The fourth-order valence-electron chi connectivity index (χ4n) is 4.09. The van der Waals surface area contributed by atoms with Crippen LogP contribution in [0.2, 0.25) is 0 Å². The van der Waals surface area contributed by atoms with Crippen LogP contribution in [0.25, 0.3) is 0 Å². The van der Waals surface area contributed by atoms with Gasteiger partial charge in [-0.1, -0.05) is 19.1 Å². The van der Waals surface area contributed by atoms with Gasteiger partial charge in [0, 0.05) is 6.04 Å². The zero-order valence-electron chi connectivity index (χ0n) is 12.7. The molecule has 1 amide bonds. The zero-order chi connectivity index (χ0) is 15.1. The van der Waals surface area contributed by atoms with Gasteiger partial charge in [0.15, 0.2) is 0 Å². The average Bonchev–Trinajstić information content (AvgIpc) is 2.88. The number of nitrogens with one attached hydrogen (secondary N) is 1. The van der Waals surface area contributed by atoms with Crippen molar-refractivity contribution in [3.63, 3.8) is 0 Å². The molecule has 0 aromatic heterocycles. The second-order valence-corrected chi connectivity index (χ2v) is 6.20. The first kappa shape index (κ1) is 15.5. The van der Waals surface area contributed by atoms with Crippen molar-refractivity contribution in [2.75, 3.05) is 6.54 Å². The Labute approximate surface area is 121 Å². The molecule has 2 saturated heterocycles. The molecule has 5 heteroatoms. The Bertz CT molecular complexity index is 402. The van der Waals surface area contributed by atoms with Crippen LogP contribution in [-0.2, 0) is 4.79 Å². The third kappa shape index (κ3) is 2.08. The maximum absolute atomic E-state index is 11.8. The number of amides is 1. The predicted octanol–water partition coefficient (Wildman–Crippen LogP) is 0.382. The molecule has 2 fully saturated rings. The Hall–Kier alpha value is -0.910. The lowest BCUT2D eigenvalue weighted by atomic mass is 9.67. The molecule has 2 heterocycles. The zero-order valence-corrected chi connectivity index (χ0v) is 12.7. The van der Waals surface area contributed by atoms with Gasteiger partial charge in [-0.25, -0.2) is 0 Å². The molecule has 2 aliphatic rings. The number of hydrogen-bond acceptors (Lipinski definition) is 4. The van der Waals surface area contributed by atoms with Gasteiger partial charge in [0.25, 0.3) is 0 Å². The summed E-state index contributed by atoms with van der Waals surface area (Å²) in [7, 11) is 0. The summed E-state index contributed by atoms with van der Waals surface area (Å²) in [5, 5.41) is 13.6. The van der Waals surface area contributed by atoms with Crippen LogP contribution in [0.3, 0.4) is 0 Å². The van der Waals surface area contributed by atoms with Gasteiger partial charge in [-0.05, 0) is 39.7 Å². The van der Waals surface area contributed by atoms with E-state index in [1.54, 1.807) is 6.92 Å². The van der Waals surface area contributed by atoms with Crippen LogP contribution in [0.5, 0.6) is 0 Å². The highest BCUT2D eigenvalue weighted by molar-refractivity contribution is 5.81. The van der Waals surface area contributed by atoms with Crippen LogP contribution >= 0.6 is 0 Å². The first-order valence-corrected chi connectivity index (χ1v) is 7.54. The van der Waals surface area contributed by atoms with Crippen molar-refractivity contribution in [2.45, 2.75) is 69.8 Å². The molecule has 2 aliphatic heterocycles. The number of primary amides is 1. The van der Waals surface area contributed by atoms with E-state index in [1.807, 2.05) is 0 Å². The fourth-order valence-corrected chi connectivity index (χ4v) is 4.09. The van der Waals surface area contributed by atoms with Gasteiger partial charge in [0.05, 0.1) is 17.7 Å². The van der Waals surface area contributed by atoms with Crippen LogP contribution in [0, 0.1) is 0 Å². The number of nitrogens with two attached hydrogens (primary N) is 1. The van der Waals surface area contributed by atoms with Gasteiger partial charge in [-0.15, -0.1) is 0 Å². The molecule has 20 heavy (non-hydrogen) atoms. The van der Waals surface area contributed by atoms with Crippen molar-refractivity contribution in [1.82, 2.24) is 10.2 Å². The fraction of sp³-hybridized carbons (Fsp3) is 0.800. The highest BCUT2D eigenvalue weighted by Crippen LogP contribution is 2.47. The molecule has 1 spiro atoms. The van der Waals surface area contributed by atoms with Gasteiger partial charge in [-0.2, -0.15) is 0 Å². The van der Waals surface area contributed by atoms with Gasteiger partial charge in [0.1, 0.15) is 6.04 Å². The Balaban J connectivity index is 2.32. The van der Waals surface area contributed by atoms with Gasteiger partial charge >= 0.3 is 0 Å². The molecule has 4 N–H and O–H groups in total. The van der Waals surface area contributed by atoms with E-state index in [-0.39, 0.29) is 17.6 Å². The van der Waals surface area contributed by atoms with E-state index in [0.29, 0.717) is 0 Å². The van der Waals surface area contributed by atoms with E-state index in [9.17, 15) is 9.90 Å². The maximum Gasteiger partial charge on any atom is 0.237 e. The molecule has 3 unspecified atom stereocenters. The van der Waals surface area contributed by atoms with Crippen LogP contribution in [0.15, 0.2) is 12.2 Å². The smallest absolute Gasteiger partial charge is 0.237 e. The molecule has 2 rings (SSSR count). The second-order valence-electron chi connectivity index (χ2n) is 6.20. The summed E-state index contributed by atoms with van der Waals surface area (Å²) >= 11 is 0. The average molecular weight is 281 g/mol. The van der Waals surface area contributed by atoms with Crippen LogP contribution in [0.1, 0.15) is 40.0 Å². The molecule has 0 radical (unpaired) electrons. The second kappa shape index (κ2) is 5.47. The van der Waals surface area contributed by atoms with E-state index in [4.69, 9.17) is 5.73 Å². The monoisotopic (exact) mass is 281 g/mol. The van der Waals surface area contributed by atoms with Crippen LogP contribution in [-0.4, -0.2) is 52.2 Å². The normalized spacial score (nSPS) is 36.6. The molecular formula is C15H27N3O2. The van der Waals surface area contributed by atoms with Crippen LogP contribution in [0.4, 0.5) is 0 Å². The number of rotatable bonds is 5. The molecule has 0 bridgehead atoms. The highest BCUT2D eigenvalue weighted by Gasteiger charge is 2.62. The van der Waals surface area contributed by atoms with E-state index in [2.05, 4.69) is 30.6 Å². The molecule has 0 saturated carbocycles. The van der Waals surface area contributed by atoms with Crippen molar-refractivity contribution < 1.29 is 9.90 Å². The van der Waals surface area contributed by atoms with Gasteiger partial charge in [0.2, 0.25) is 5.91 Å². The molecule has 0 aliphatic carbocycles. The molecule has 114 valence electrons. The number of nitrogens with zero attached hydrogens (tertiary/aromatic N) is 1. The standard InChI is InChI=1S/C15H27N3O2/c1-5-9(2)13-15(7-6-8-17-15)11(4)18(13)12(10(3)19)14(16)20/h10-13,17,19H,2,5-8H2,1,3-4H3,(H2,16,20)/t10-,11?,12+,13?,15?/m1/s1. The largest absolute Gasteiger partial charge is 0.391 e. The quantitative estimate of drug-likeness (QED) is 0.637. The highest BCUT2D eigenvalue weighted by atomic mass is 16.3. The topological polar surface area (TPSA) is 78.6 Å². The van der Waals surface area contributed by atoms with Crippen molar-refractivity contribution in [1.29, 1.82) is 0 Å². The number of carbonyl (C=O) groups is 1. The number of aliphatic hydroxyl groups is 1. The maximum atomic E-state index is 11.8. The van der Waals surface area contributed by atoms with Gasteiger partial charge in [-0.3, -0.25) is 9.69 Å². The Morgan fingerprint density at radius 2 is 2.30 bits per heavy atom. The Morgan fingerprint density at radius 1 is 1.65 bits per heavy atom. The third-order valence-electron chi connectivity index (χ3n) is 5.11. The number of hydrogen-bond donors (Lipinski definition) is 3. The van der Waals surface area contributed by atoms with E-state index >= 15 is 0 Å². The Kier molecular flexibility index (Phi) is 4.23. The lowest BCUT2D eigenvalue weighted by Crippen LogP contribution is -2.83. The van der Waals surface area contributed by atoms with Crippen LogP contribution < -0.4 is 11.1 Å². The van der Waals surface area contributed by atoms with Crippen molar-refractivity contribution in [3.8, 4) is 0 Å². The minimum Gasteiger partial charge on any atom is -0.391 e. The summed E-state index contributed by atoms with van der Waals surface area (Å²) < 4.78 is 0. The molecular weight excluding hydrogens is 254 g/mol. The SMILES string of the molecule is C=C(CC)C1N([C@H](C(N)=O)[C@@H](C)O)C(C)C12CCCN2. The minimum absolute atomic E-state index is 0.00428. The molecule has 5 nitrogen and oxygen atoms in total. The minimum atomic E-state index is -0.777. The molecule has 5 atom stereocenters. The van der Waals surface area contributed by atoms with Crippen molar-refractivity contribution in [2.24, 2.45) is 5.73 Å². The summed E-state index contributed by atoms with van der Waals surface area (Å²) in [6.07, 6.45) is 2.31. The third-order valence-corrected chi connectivity index (χ3v) is 5.11. The summed E-state index contributed by atoms with van der Waals surface area (Å²) in [5.74, 6) is -0.464. The van der Waals surface area contributed by atoms with E-state index in [0.717, 1.165) is 31.4 Å². The number of likely N-dealkylation sites (tertiary alicyclic amines) is 1.